The van der Waals surface area contributed by atoms with Crippen molar-refractivity contribution in [2.45, 2.75) is 17.9 Å². The van der Waals surface area contributed by atoms with Gasteiger partial charge in [-0.25, -0.2) is 9.99 Å². The van der Waals surface area contributed by atoms with Gasteiger partial charge in [0.1, 0.15) is 0 Å². The third-order valence-electron chi connectivity index (χ3n) is 3.90. The molecule has 28 heavy (non-hydrogen) atoms. The molecule has 0 saturated carbocycles. The molecule has 0 radical (unpaired) electrons. The van der Waals surface area contributed by atoms with E-state index in [0.717, 1.165) is 17.7 Å². The predicted octanol–water partition coefficient (Wildman–Crippen LogP) is 3.79. The molecule has 1 N–H and O–H groups in total. The summed E-state index contributed by atoms with van der Waals surface area (Å²) in [6.07, 6.45) is -4.43. The molecule has 0 aliphatic carbocycles. The van der Waals surface area contributed by atoms with Crippen molar-refractivity contribution < 1.29 is 18.0 Å². The summed E-state index contributed by atoms with van der Waals surface area (Å²) in [5.74, 6) is -0.119. The monoisotopic (exact) mass is 408 g/mol. The average molecular weight is 408 g/mol. The Hall–Kier alpha value is -2.52. The van der Waals surface area contributed by atoms with E-state index in [0.29, 0.717) is 17.2 Å². The number of carbonyl (C=O) groups is 1. The summed E-state index contributed by atoms with van der Waals surface area (Å²) in [5, 5.41) is 2.03. The van der Waals surface area contributed by atoms with Crippen LogP contribution in [0.5, 0.6) is 0 Å². The van der Waals surface area contributed by atoms with Gasteiger partial charge in [0.15, 0.2) is 5.16 Å². The lowest BCUT2D eigenvalue weighted by molar-refractivity contribution is -0.137. The Morgan fingerprint density at radius 1 is 1.18 bits per heavy atom. The molecule has 1 aromatic heterocycles. The van der Waals surface area contributed by atoms with Gasteiger partial charge in [-0.3, -0.25) is 10.2 Å². The molecule has 2 aromatic carbocycles. The number of nitrogens with one attached hydrogen (secondary N) is 1. The molecule has 0 unspecified atom stereocenters. The highest BCUT2D eigenvalue weighted by atomic mass is 32.2. The van der Waals surface area contributed by atoms with Crippen LogP contribution in [0.1, 0.15) is 11.1 Å². The minimum Gasteiger partial charge on any atom is -0.314 e. The zero-order chi connectivity index (χ0) is 20.3. The van der Waals surface area contributed by atoms with Gasteiger partial charge in [-0.2, -0.15) is 13.2 Å². The van der Waals surface area contributed by atoms with Crippen LogP contribution in [0.2, 0.25) is 0 Å². The highest BCUT2D eigenvalue weighted by Crippen LogP contribution is 2.33. The standard InChI is InChI=1S/C19H19F3N4OS/c1-25(2)24-17(27)12-28-18-23-15-10-14(19(20,21)22)8-9-16(15)26(18)11-13-6-4-3-5-7-13/h3-10H,11-12H2,1-2H3,(H,24,27). The lowest BCUT2D eigenvalue weighted by atomic mass is 10.2. The number of imidazole rings is 1. The smallest absolute Gasteiger partial charge is 0.314 e. The van der Waals surface area contributed by atoms with Gasteiger partial charge < -0.3 is 4.57 Å². The fourth-order valence-corrected chi connectivity index (χ4v) is 3.53. The number of hydrogen-bond acceptors (Lipinski definition) is 4. The van der Waals surface area contributed by atoms with E-state index in [1.54, 1.807) is 14.1 Å². The minimum atomic E-state index is -4.43. The van der Waals surface area contributed by atoms with E-state index in [4.69, 9.17) is 0 Å². The number of hydrazine groups is 1. The summed E-state index contributed by atoms with van der Waals surface area (Å²) >= 11 is 1.19. The van der Waals surface area contributed by atoms with Crippen LogP contribution in [-0.4, -0.2) is 40.3 Å². The van der Waals surface area contributed by atoms with E-state index in [1.807, 2.05) is 34.9 Å². The normalized spacial score (nSPS) is 11.9. The van der Waals surface area contributed by atoms with E-state index in [9.17, 15) is 18.0 Å². The summed E-state index contributed by atoms with van der Waals surface area (Å²) in [7, 11) is 3.40. The minimum absolute atomic E-state index is 0.0996. The summed E-state index contributed by atoms with van der Waals surface area (Å²) in [4.78, 5) is 16.3. The fourth-order valence-electron chi connectivity index (χ4n) is 2.72. The number of halogens is 3. The number of thioether (sulfide) groups is 1. The summed E-state index contributed by atoms with van der Waals surface area (Å²) < 4.78 is 41.0. The zero-order valence-corrected chi connectivity index (χ0v) is 16.1. The van der Waals surface area contributed by atoms with Crippen molar-refractivity contribution in [2.75, 3.05) is 19.8 Å². The van der Waals surface area contributed by atoms with E-state index >= 15 is 0 Å². The molecule has 0 aliphatic heterocycles. The van der Waals surface area contributed by atoms with Crippen LogP contribution in [0.25, 0.3) is 11.0 Å². The first-order valence-corrected chi connectivity index (χ1v) is 9.43. The van der Waals surface area contributed by atoms with Crippen molar-refractivity contribution >= 4 is 28.7 Å². The molecule has 0 atom stereocenters. The van der Waals surface area contributed by atoms with Crippen molar-refractivity contribution in [1.29, 1.82) is 0 Å². The summed E-state index contributed by atoms with van der Waals surface area (Å²) in [6.45, 7) is 0.445. The van der Waals surface area contributed by atoms with Crippen molar-refractivity contribution in [3.05, 3.63) is 59.7 Å². The molecule has 9 heteroatoms. The molecule has 0 bridgehead atoms. The van der Waals surface area contributed by atoms with Crippen LogP contribution < -0.4 is 5.43 Å². The maximum atomic E-state index is 13.0. The van der Waals surface area contributed by atoms with E-state index in [1.165, 1.54) is 22.8 Å². The zero-order valence-electron chi connectivity index (χ0n) is 15.3. The molecular formula is C19H19F3N4OS. The molecule has 0 spiro atoms. The number of rotatable bonds is 6. The number of aromatic nitrogens is 2. The van der Waals surface area contributed by atoms with Crippen LogP contribution in [-0.2, 0) is 17.5 Å². The second kappa shape index (κ2) is 8.24. The number of nitrogens with zero attached hydrogens (tertiary/aromatic N) is 3. The highest BCUT2D eigenvalue weighted by molar-refractivity contribution is 7.99. The molecule has 1 heterocycles. The quantitative estimate of drug-likeness (QED) is 0.498. The third-order valence-corrected chi connectivity index (χ3v) is 4.88. The topological polar surface area (TPSA) is 50.2 Å². The number of hydrogen-bond donors (Lipinski definition) is 1. The predicted molar refractivity (Wildman–Crippen MR) is 103 cm³/mol. The van der Waals surface area contributed by atoms with Gasteiger partial charge in [0, 0.05) is 14.1 Å². The van der Waals surface area contributed by atoms with Gasteiger partial charge >= 0.3 is 6.18 Å². The number of alkyl halides is 3. The average Bonchev–Trinajstić information content (AvgIpc) is 2.96. The third kappa shape index (κ3) is 4.85. The van der Waals surface area contributed by atoms with Gasteiger partial charge in [0.2, 0.25) is 5.91 Å². The SMILES string of the molecule is CN(C)NC(=O)CSc1nc2cc(C(F)(F)F)ccc2n1Cc1ccccc1. The molecule has 3 aromatic rings. The molecule has 0 fully saturated rings. The second-order valence-corrected chi connectivity index (χ2v) is 7.33. The lowest BCUT2D eigenvalue weighted by Crippen LogP contribution is -2.37. The summed E-state index contributed by atoms with van der Waals surface area (Å²) in [5.41, 5.74) is 3.72. The second-order valence-electron chi connectivity index (χ2n) is 6.39. The number of carbonyl (C=O) groups excluding carboxylic acids is 1. The lowest BCUT2D eigenvalue weighted by Gasteiger charge is -2.12. The van der Waals surface area contributed by atoms with Gasteiger partial charge in [-0.1, -0.05) is 42.1 Å². The van der Waals surface area contributed by atoms with Crippen LogP contribution in [0.15, 0.2) is 53.7 Å². The Morgan fingerprint density at radius 3 is 2.54 bits per heavy atom. The molecule has 1 amide bonds. The van der Waals surface area contributed by atoms with Gasteiger partial charge in [0.05, 0.1) is 28.9 Å². The van der Waals surface area contributed by atoms with E-state index in [-0.39, 0.29) is 17.2 Å². The first-order chi connectivity index (χ1) is 13.2. The van der Waals surface area contributed by atoms with Crippen molar-refractivity contribution in [2.24, 2.45) is 0 Å². The molecule has 148 valence electrons. The Balaban J connectivity index is 1.96. The van der Waals surface area contributed by atoms with Gasteiger partial charge in [-0.15, -0.1) is 0 Å². The van der Waals surface area contributed by atoms with E-state index < -0.39 is 11.7 Å². The molecule has 0 aliphatic rings. The number of benzene rings is 2. The van der Waals surface area contributed by atoms with Gasteiger partial charge in [-0.05, 0) is 23.8 Å². The summed E-state index contributed by atoms with van der Waals surface area (Å²) in [6, 6.07) is 13.1. The number of amides is 1. The molecule has 0 saturated heterocycles. The maximum absolute atomic E-state index is 13.0. The van der Waals surface area contributed by atoms with Crippen LogP contribution >= 0.6 is 11.8 Å². The maximum Gasteiger partial charge on any atom is 0.416 e. The van der Waals surface area contributed by atoms with Crippen molar-refractivity contribution in [3.63, 3.8) is 0 Å². The molecule has 5 nitrogen and oxygen atoms in total. The van der Waals surface area contributed by atoms with Crippen LogP contribution in [0.3, 0.4) is 0 Å². The molecular weight excluding hydrogens is 389 g/mol. The number of fused-ring (bicyclic) bond motifs is 1. The van der Waals surface area contributed by atoms with Crippen LogP contribution in [0, 0.1) is 0 Å². The Morgan fingerprint density at radius 2 is 1.89 bits per heavy atom. The van der Waals surface area contributed by atoms with Crippen molar-refractivity contribution in [3.8, 4) is 0 Å². The Labute approximate surface area is 164 Å². The first kappa shape index (κ1) is 20.2. The molecule has 3 rings (SSSR count). The first-order valence-electron chi connectivity index (χ1n) is 8.45. The van der Waals surface area contributed by atoms with Crippen LogP contribution in [0.4, 0.5) is 13.2 Å². The Bertz CT molecular complexity index is 970. The van der Waals surface area contributed by atoms with Gasteiger partial charge in [0.25, 0.3) is 0 Å². The van der Waals surface area contributed by atoms with E-state index in [2.05, 4.69) is 10.4 Å². The Kier molecular flexibility index (Phi) is 5.95. The largest absolute Gasteiger partial charge is 0.416 e. The van der Waals surface area contributed by atoms with Crippen molar-refractivity contribution in [1.82, 2.24) is 20.0 Å². The fraction of sp³-hybridized carbons (Fsp3) is 0.263. The highest BCUT2D eigenvalue weighted by Gasteiger charge is 2.31.